The molecule has 4 aromatic rings. The van der Waals surface area contributed by atoms with E-state index in [9.17, 15) is 4.79 Å². The molecule has 7 nitrogen and oxygen atoms in total. The number of hydrogen-bond donors (Lipinski definition) is 0. The summed E-state index contributed by atoms with van der Waals surface area (Å²) >= 11 is 1.38. The average molecular weight is 417 g/mol. The molecular weight excluding hydrogens is 398 g/mol. The largest absolute Gasteiger partial charge is 0.462 e. The van der Waals surface area contributed by atoms with Crippen molar-refractivity contribution in [2.24, 2.45) is 0 Å². The summed E-state index contributed by atoms with van der Waals surface area (Å²) in [6, 6.07) is 15.3. The van der Waals surface area contributed by atoms with Crippen LogP contribution in [-0.4, -0.2) is 51.9 Å². The molecule has 150 valence electrons. The van der Waals surface area contributed by atoms with Gasteiger partial charge in [-0.1, -0.05) is 30.3 Å². The number of rotatable bonds is 4. The van der Waals surface area contributed by atoms with Crippen LogP contribution in [-0.2, 0) is 0 Å². The number of carbonyl (C=O) groups excluding carboxylic acids is 1. The fourth-order valence-corrected chi connectivity index (χ4v) is 4.49. The first-order valence-corrected chi connectivity index (χ1v) is 10.5. The molecule has 0 atom stereocenters. The summed E-state index contributed by atoms with van der Waals surface area (Å²) in [7, 11) is 0. The number of anilines is 1. The maximum atomic E-state index is 13.4. The van der Waals surface area contributed by atoms with Crippen molar-refractivity contribution in [3.05, 3.63) is 72.1 Å². The molecule has 0 bridgehead atoms. The van der Waals surface area contributed by atoms with Gasteiger partial charge in [0, 0.05) is 44.1 Å². The van der Waals surface area contributed by atoms with Gasteiger partial charge in [-0.15, -0.1) is 11.3 Å². The minimum atomic E-state index is -0.00205. The quantitative estimate of drug-likeness (QED) is 0.502. The molecule has 0 N–H and O–H groups in total. The zero-order valence-corrected chi connectivity index (χ0v) is 17.0. The van der Waals surface area contributed by atoms with E-state index in [1.165, 1.54) is 11.3 Å². The van der Waals surface area contributed by atoms with Gasteiger partial charge in [0.2, 0.25) is 5.95 Å². The summed E-state index contributed by atoms with van der Waals surface area (Å²) in [5, 5.41) is 0.707. The first-order valence-electron chi connectivity index (χ1n) is 9.71. The van der Waals surface area contributed by atoms with Crippen LogP contribution in [0.5, 0.6) is 0 Å². The highest BCUT2D eigenvalue weighted by Crippen LogP contribution is 2.35. The average Bonchev–Trinajstić information content (AvgIpc) is 3.50. The molecule has 1 saturated heterocycles. The van der Waals surface area contributed by atoms with E-state index in [1.807, 2.05) is 47.4 Å². The third-order valence-electron chi connectivity index (χ3n) is 5.00. The lowest BCUT2D eigenvalue weighted by Gasteiger charge is -2.34. The Balaban J connectivity index is 1.41. The second-order valence-corrected chi connectivity index (χ2v) is 7.87. The zero-order chi connectivity index (χ0) is 20.3. The van der Waals surface area contributed by atoms with Crippen LogP contribution in [0.2, 0.25) is 0 Å². The molecule has 3 aromatic heterocycles. The van der Waals surface area contributed by atoms with Gasteiger partial charge in [0.15, 0.2) is 10.8 Å². The van der Waals surface area contributed by atoms with Crippen LogP contribution in [0.4, 0.5) is 5.95 Å². The SMILES string of the molecule is O=C(c1sc(-c2ccco2)nc1-c1ccccc1)N1CCN(c2ncccn2)CC1. The van der Waals surface area contributed by atoms with Crippen molar-refractivity contribution >= 4 is 23.2 Å². The van der Waals surface area contributed by atoms with Gasteiger partial charge in [-0.3, -0.25) is 4.79 Å². The fraction of sp³-hybridized carbons (Fsp3) is 0.182. The lowest BCUT2D eigenvalue weighted by atomic mass is 10.1. The maximum absolute atomic E-state index is 13.4. The minimum absolute atomic E-state index is 0.00205. The van der Waals surface area contributed by atoms with Gasteiger partial charge in [-0.25, -0.2) is 15.0 Å². The monoisotopic (exact) mass is 417 g/mol. The lowest BCUT2D eigenvalue weighted by molar-refractivity contribution is 0.0751. The Morgan fingerprint density at radius 1 is 0.933 bits per heavy atom. The van der Waals surface area contributed by atoms with Crippen LogP contribution in [0.3, 0.4) is 0 Å². The van der Waals surface area contributed by atoms with E-state index < -0.39 is 0 Å². The number of furan rings is 1. The highest BCUT2D eigenvalue weighted by atomic mass is 32.1. The van der Waals surface area contributed by atoms with Crippen LogP contribution in [0.25, 0.3) is 22.0 Å². The van der Waals surface area contributed by atoms with Gasteiger partial charge in [0.1, 0.15) is 4.88 Å². The van der Waals surface area contributed by atoms with E-state index in [1.54, 1.807) is 24.7 Å². The Kier molecular flexibility index (Phi) is 4.98. The van der Waals surface area contributed by atoms with Gasteiger partial charge in [-0.05, 0) is 18.2 Å². The van der Waals surface area contributed by atoms with Crippen molar-refractivity contribution in [1.82, 2.24) is 19.9 Å². The van der Waals surface area contributed by atoms with Crippen molar-refractivity contribution in [2.45, 2.75) is 0 Å². The Hall–Kier alpha value is -3.52. The van der Waals surface area contributed by atoms with Crippen LogP contribution in [0.1, 0.15) is 9.67 Å². The van der Waals surface area contributed by atoms with Crippen molar-refractivity contribution in [2.75, 3.05) is 31.1 Å². The van der Waals surface area contributed by atoms with Crippen molar-refractivity contribution < 1.29 is 9.21 Å². The maximum Gasteiger partial charge on any atom is 0.266 e. The summed E-state index contributed by atoms with van der Waals surface area (Å²) in [5.74, 6) is 1.37. The number of carbonyl (C=O) groups is 1. The summed E-state index contributed by atoms with van der Waals surface area (Å²) in [6.45, 7) is 2.61. The topological polar surface area (TPSA) is 75.4 Å². The van der Waals surface area contributed by atoms with E-state index >= 15 is 0 Å². The van der Waals surface area contributed by atoms with Crippen molar-refractivity contribution in [3.63, 3.8) is 0 Å². The molecule has 1 amide bonds. The molecule has 0 spiro atoms. The molecule has 4 heterocycles. The number of nitrogens with zero attached hydrogens (tertiary/aromatic N) is 5. The first-order chi connectivity index (χ1) is 14.8. The number of aromatic nitrogens is 3. The molecule has 1 aromatic carbocycles. The van der Waals surface area contributed by atoms with Gasteiger partial charge < -0.3 is 14.2 Å². The molecule has 0 aliphatic carbocycles. The number of thiazole rings is 1. The number of hydrogen-bond acceptors (Lipinski definition) is 7. The van der Waals surface area contributed by atoms with E-state index in [-0.39, 0.29) is 5.91 Å². The van der Waals surface area contributed by atoms with E-state index in [2.05, 4.69) is 14.9 Å². The van der Waals surface area contributed by atoms with E-state index in [4.69, 9.17) is 9.40 Å². The van der Waals surface area contributed by atoms with Crippen LogP contribution >= 0.6 is 11.3 Å². The normalized spacial score (nSPS) is 14.1. The fourth-order valence-electron chi connectivity index (χ4n) is 3.47. The highest BCUT2D eigenvalue weighted by molar-refractivity contribution is 7.17. The summed E-state index contributed by atoms with van der Waals surface area (Å²) in [6.07, 6.45) is 5.09. The molecule has 5 rings (SSSR count). The zero-order valence-electron chi connectivity index (χ0n) is 16.1. The molecule has 0 saturated carbocycles. The number of piperazine rings is 1. The number of benzene rings is 1. The van der Waals surface area contributed by atoms with Crippen LogP contribution < -0.4 is 4.90 Å². The lowest BCUT2D eigenvalue weighted by Crippen LogP contribution is -2.49. The summed E-state index contributed by atoms with van der Waals surface area (Å²) in [5.41, 5.74) is 1.62. The molecule has 1 aliphatic rings. The molecule has 0 radical (unpaired) electrons. The summed E-state index contributed by atoms with van der Waals surface area (Å²) in [4.78, 5) is 31.4. The first kappa shape index (κ1) is 18.5. The van der Waals surface area contributed by atoms with Gasteiger partial charge >= 0.3 is 0 Å². The highest BCUT2D eigenvalue weighted by Gasteiger charge is 2.28. The van der Waals surface area contributed by atoms with Gasteiger partial charge in [-0.2, -0.15) is 0 Å². The Morgan fingerprint density at radius 2 is 1.70 bits per heavy atom. The molecule has 1 aliphatic heterocycles. The Labute approximate surface area is 177 Å². The molecule has 8 heteroatoms. The third-order valence-corrected chi connectivity index (χ3v) is 6.06. The van der Waals surface area contributed by atoms with Crippen molar-refractivity contribution in [3.8, 4) is 22.0 Å². The molecular formula is C22H19N5O2S. The molecule has 1 fully saturated rings. The van der Waals surface area contributed by atoms with Gasteiger partial charge in [0.25, 0.3) is 5.91 Å². The molecule has 30 heavy (non-hydrogen) atoms. The molecule has 0 unspecified atom stereocenters. The van der Waals surface area contributed by atoms with Crippen molar-refractivity contribution in [1.29, 1.82) is 0 Å². The predicted octanol–water partition coefficient (Wildman–Crippen LogP) is 3.82. The Bertz CT molecular complexity index is 1120. The smallest absolute Gasteiger partial charge is 0.266 e. The van der Waals surface area contributed by atoms with Crippen LogP contribution in [0, 0.1) is 0 Å². The van der Waals surface area contributed by atoms with Gasteiger partial charge in [0.05, 0.1) is 12.0 Å². The minimum Gasteiger partial charge on any atom is -0.462 e. The van der Waals surface area contributed by atoms with Crippen LogP contribution in [0.15, 0.2) is 71.6 Å². The Morgan fingerprint density at radius 3 is 2.40 bits per heavy atom. The predicted molar refractivity (Wildman–Crippen MR) is 115 cm³/mol. The second-order valence-electron chi connectivity index (χ2n) is 6.87. The van der Waals surface area contributed by atoms with E-state index in [0.29, 0.717) is 53.5 Å². The second kappa shape index (κ2) is 8.08. The summed E-state index contributed by atoms with van der Waals surface area (Å²) < 4.78 is 5.51. The number of amides is 1. The van der Waals surface area contributed by atoms with E-state index in [0.717, 1.165) is 5.56 Å². The third kappa shape index (κ3) is 3.57. The standard InChI is InChI=1S/C22H19N5O2S/c28-21(26-11-13-27(14-12-26)22-23-9-5-10-24-22)19-18(16-6-2-1-3-7-16)25-20(30-19)17-8-4-15-29-17/h1-10,15H,11-14H2.